The highest BCUT2D eigenvalue weighted by Gasteiger charge is 2.22. The number of likely N-dealkylation sites (tertiary alicyclic amines) is 1. The summed E-state index contributed by atoms with van der Waals surface area (Å²) in [4.78, 5) is 22.7. The van der Waals surface area contributed by atoms with Crippen LogP contribution in [-0.4, -0.2) is 40.6 Å². The first-order valence-electron chi connectivity index (χ1n) is 9.38. The minimum absolute atomic E-state index is 0.0831. The van der Waals surface area contributed by atoms with Gasteiger partial charge in [-0.2, -0.15) is 0 Å². The molecular formula is C21H23N5O2. The van der Waals surface area contributed by atoms with Crippen molar-refractivity contribution in [3.63, 3.8) is 0 Å². The number of para-hydroxylation sites is 1. The Labute approximate surface area is 163 Å². The van der Waals surface area contributed by atoms with Crippen molar-refractivity contribution in [3.8, 4) is 5.75 Å². The molecule has 28 heavy (non-hydrogen) atoms. The van der Waals surface area contributed by atoms with Crippen LogP contribution >= 0.6 is 0 Å². The number of aromatic nitrogens is 2. The molecule has 3 aromatic rings. The summed E-state index contributed by atoms with van der Waals surface area (Å²) in [5.74, 6) is 1.63. The van der Waals surface area contributed by atoms with E-state index in [2.05, 4.69) is 32.3 Å². The monoisotopic (exact) mass is 377 g/mol. The summed E-state index contributed by atoms with van der Waals surface area (Å²) >= 11 is 0. The molecule has 0 spiro atoms. The fourth-order valence-electron chi connectivity index (χ4n) is 3.45. The quantitative estimate of drug-likeness (QED) is 0.685. The molecule has 0 aliphatic carbocycles. The molecule has 2 heterocycles. The standard InChI is InChI=1S/C21H23N5O2/c1-14-23-19-16(9-5-10-18(19)28-21(22)27)20(24-14)25-17(13-26-11-6-12-26)15-7-3-2-4-8-15/h2-5,7-10,17H,6,11-13H2,1H3,(H2,22,27)(H,23,24,25)/t17-/m1/s1. The number of hydrogen-bond acceptors (Lipinski definition) is 6. The Kier molecular flexibility index (Phi) is 5.08. The highest BCUT2D eigenvalue weighted by molar-refractivity contribution is 5.94. The van der Waals surface area contributed by atoms with Crippen molar-refractivity contribution in [2.24, 2.45) is 5.73 Å². The molecule has 1 atom stereocenters. The number of nitrogens with zero attached hydrogens (tertiary/aromatic N) is 3. The fraction of sp³-hybridized carbons (Fsp3) is 0.286. The molecule has 1 aliphatic rings. The molecule has 1 amide bonds. The van der Waals surface area contributed by atoms with Gasteiger partial charge >= 0.3 is 6.09 Å². The van der Waals surface area contributed by atoms with Crippen molar-refractivity contribution in [2.45, 2.75) is 19.4 Å². The topological polar surface area (TPSA) is 93.4 Å². The van der Waals surface area contributed by atoms with Crippen LogP contribution < -0.4 is 15.8 Å². The maximum atomic E-state index is 11.2. The lowest BCUT2D eigenvalue weighted by atomic mass is 10.0. The zero-order chi connectivity index (χ0) is 19.5. The normalized spacial score (nSPS) is 15.0. The zero-order valence-corrected chi connectivity index (χ0v) is 15.8. The Morgan fingerprint density at radius 1 is 1.18 bits per heavy atom. The summed E-state index contributed by atoms with van der Waals surface area (Å²) in [5.41, 5.74) is 6.96. The molecule has 1 aliphatic heterocycles. The average molecular weight is 377 g/mol. The lowest BCUT2D eigenvalue weighted by Gasteiger charge is -2.35. The summed E-state index contributed by atoms with van der Waals surface area (Å²) in [6.45, 7) is 4.95. The molecule has 7 nitrogen and oxygen atoms in total. The number of primary amides is 1. The van der Waals surface area contributed by atoms with E-state index in [9.17, 15) is 4.79 Å². The number of hydrogen-bond donors (Lipinski definition) is 2. The molecule has 4 rings (SSSR count). The first kappa shape index (κ1) is 18.2. The highest BCUT2D eigenvalue weighted by atomic mass is 16.5. The number of nitrogens with one attached hydrogen (secondary N) is 1. The maximum Gasteiger partial charge on any atom is 0.410 e. The predicted molar refractivity (Wildman–Crippen MR) is 108 cm³/mol. The van der Waals surface area contributed by atoms with Crippen LogP contribution in [0.4, 0.5) is 10.6 Å². The molecule has 0 bridgehead atoms. The van der Waals surface area contributed by atoms with Gasteiger partial charge in [-0.15, -0.1) is 0 Å². The van der Waals surface area contributed by atoms with E-state index >= 15 is 0 Å². The van der Waals surface area contributed by atoms with Gasteiger partial charge < -0.3 is 20.7 Å². The number of carbonyl (C=O) groups excluding carboxylic acids is 1. The Morgan fingerprint density at radius 3 is 2.64 bits per heavy atom. The summed E-state index contributed by atoms with van der Waals surface area (Å²) in [6, 6.07) is 15.8. The largest absolute Gasteiger partial charge is 0.410 e. The Bertz CT molecular complexity index is 989. The smallest absolute Gasteiger partial charge is 0.408 e. The second-order valence-corrected chi connectivity index (χ2v) is 6.95. The van der Waals surface area contributed by atoms with Crippen LogP contribution in [0.1, 0.15) is 23.9 Å². The lowest BCUT2D eigenvalue weighted by Crippen LogP contribution is -2.41. The van der Waals surface area contributed by atoms with E-state index in [4.69, 9.17) is 10.5 Å². The van der Waals surface area contributed by atoms with Gasteiger partial charge in [0.15, 0.2) is 5.75 Å². The molecule has 7 heteroatoms. The second kappa shape index (κ2) is 7.82. The van der Waals surface area contributed by atoms with E-state index in [-0.39, 0.29) is 6.04 Å². The molecule has 0 unspecified atom stereocenters. The number of fused-ring (bicyclic) bond motifs is 1. The van der Waals surface area contributed by atoms with Crippen LogP contribution in [0.25, 0.3) is 10.9 Å². The third-order valence-electron chi connectivity index (χ3n) is 4.91. The zero-order valence-electron chi connectivity index (χ0n) is 15.8. The van der Waals surface area contributed by atoms with Gasteiger partial charge in [0.25, 0.3) is 0 Å². The van der Waals surface area contributed by atoms with Gasteiger partial charge in [-0.25, -0.2) is 14.8 Å². The van der Waals surface area contributed by atoms with E-state index in [1.165, 1.54) is 12.0 Å². The van der Waals surface area contributed by atoms with Crippen molar-refractivity contribution in [3.05, 3.63) is 59.9 Å². The van der Waals surface area contributed by atoms with Crippen molar-refractivity contribution >= 4 is 22.8 Å². The maximum absolute atomic E-state index is 11.2. The van der Waals surface area contributed by atoms with Gasteiger partial charge in [-0.05, 0) is 44.1 Å². The molecule has 3 N–H and O–H groups in total. The Balaban J connectivity index is 1.73. The van der Waals surface area contributed by atoms with Gasteiger partial charge in [-0.3, -0.25) is 0 Å². The minimum Gasteiger partial charge on any atom is -0.408 e. The van der Waals surface area contributed by atoms with Crippen molar-refractivity contribution in [1.82, 2.24) is 14.9 Å². The third-order valence-corrected chi connectivity index (χ3v) is 4.91. The van der Waals surface area contributed by atoms with Crippen LogP contribution in [0.15, 0.2) is 48.5 Å². The average Bonchev–Trinajstić information content (AvgIpc) is 2.64. The van der Waals surface area contributed by atoms with Crippen LogP contribution in [-0.2, 0) is 0 Å². The molecule has 144 valence electrons. The van der Waals surface area contributed by atoms with E-state index in [0.29, 0.717) is 22.9 Å². The number of ether oxygens (including phenoxy) is 1. The summed E-state index contributed by atoms with van der Waals surface area (Å²) in [5, 5.41) is 4.38. The second-order valence-electron chi connectivity index (χ2n) is 6.95. The van der Waals surface area contributed by atoms with E-state index in [0.717, 1.165) is 25.0 Å². The van der Waals surface area contributed by atoms with Crippen molar-refractivity contribution in [2.75, 3.05) is 25.0 Å². The van der Waals surface area contributed by atoms with E-state index < -0.39 is 6.09 Å². The molecular weight excluding hydrogens is 354 g/mol. The SMILES string of the molecule is Cc1nc(N[C@H](CN2CCC2)c2ccccc2)c2cccc(OC(N)=O)c2n1. The van der Waals surface area contributed by atoms with Gasteiger partial charge in [0.1, 0.15) is 17.2 Å². The van der Waals surface area contributed by atoms with Crippen LogP contribution in [0.2, 0.25) is 0 Å². The van der Waals surface area contributed by atoms with Crippen LogP contribution in [0, 0.1) is 6.92 Å². The Hall–Kier alpha value is -3.19. The van der Waals surface area contributed by atoms with E-state index in [1.807, 2.05) is 31.2 Å². The van der Waals surface area contributed by atoms with Crippen molar-refractivity contribution in [1.29, 1.82) is 0 Å². The summed E-state index contributed by atoms with van der Waals surface area (Å²) in [7, 11) is 0. The minimum atomic E-state index is -0.863. The molecule has 0 saturated carbocycles. The number of aryl methyl sites for hydroxylation is 1. The first-order chi connectivity index (χ1) is 13.6. The van der Waals surface area contributed by atoms with Crippen molar-refractivity contribution < 1.29 is 9.53 Å². The number of rotatable bonds is 6. The number of nitrogens with two attached hydrogens (primary N) is 1. The number of benzene rings is 2. The van der Waals surface area contributed by atoms with Crippen LogP contribution in [0.5, 0.6) is 5.75 Å². The third kappa shape index (κ3) is 3.89. The number of carbonyl (C=O) groups is 1. The fourth-order valence-corrected chi connectivity index (χ4v) is 3.45. The molecule has 1 fully saturated rings. The van der Waals surface area contributed by atoms with E-state index in [1.54, 1.807) is 12.1 Å². The molecule has 2 aromatic carbocycles. The molecule has 1 saturated heterocycles. The number of anilines is 1. The molecule has 1 aromatic heterocycles. The summed E-state index contributed by atoms with van der Waals surface area (Å²) in [6.07, 6.45) is 0.378. The van der Waals surface area contributed by atoms with Crippen LogP contribution in [0.3, 0.4) is 0 Å². The molecule has 0 radical (unpaired) electrons. The summed E-state index contributed by atoms with van der Waals surface area (Å²) < 4.78 is 5.13. The van der Waals surface area contributed by atoms with Gasteiger partial charge in [0.05, 0.1) is 6.04 Å². The first-order valence-corrected chi connectivity index (χ1v) is 9.38. The highest BCUT2D eigenvalue weighted by Crippen LogP contribution is 2.31. The lowest BCUT2D eigenvalue weighted by molar-refractivity contribution is 0.174. The Morgan fingerprint density at radius 2 is 1.96 bits per heavy atom. The van der Waals surface area contributed by atoms with Gasteiger partial charge in [-0.1, -0.05) is 36.4 Å². The predicted octanol–water partition coefficient (Wildman–Crippen LogP) is 3.25. The van der Waals surface area contributed by atoms with Gasteiger partial charge in [0, 0.05) is 11.9 Å². The van der Waals surface area contributed by atoms with Gasteiger partial charge in [0.2, 0.25) is 0 Å². The number of amides is 1.